The molecule has 28 heavy (non-hydrogen) atoms. The van der Waals surface area contributed by atoms with E-state index in [1.165, 1.54) is 22.3 Å². The van der Waals surface area contributed by atoms with E-state index in [1.54, 1.807) is 0 Å². The third-order valence-corrected chi connectivity index (χ3v) is 5.45. The van der Waals surface area contributed by atoms with Crippen LogP contribution in [0.5, 0.6) is 0 Å². The van der Waals surface area contributed by atoms with Crippen LogP contribution in [0, 0.1) is 0 Å². The largest absolute Gasteiger partial charge is 0.312 e. The first kappa shape index (κ1) is 20.9. The van der Waals surface area contributed by atoms with Crippen LogP contribution in [0.1, 0.15) is 22.3 Å². The Hall–Kier alpha value is -1.84. The van der Waals surface area contributed by atoms with E-state index in [1.807, 2.05) is 36.4 Å². The van der Waals surface area contributed by atoms with E-state index in [4.69, 9.17) is 23.2 Å². The molecule has 0 atom stereocenters. The Bertz CT molecular complexity index is 811. The van der Waals surface area contributed by atoms with Gasteiger partial charge in [0.2, 0.25) is 0 Å². The standard InChI is InChI=1S/C24H26Cl2N2/c25-23-10-3-1-8-21(23)12-14-27-17-19-6-5-7-20(16-19)18-28-15-13-22-9-2-4-11-24(22)26/h1-11,16,27-28H,12-15,17-18H2. The highest BCUT2D eigenvalue weighted by molar-refractivity contribution is 6.31. The summed E-state index contributed by atoms with van der Waals surface area (Å²) in [7, 11) is 0. The van der Waals surface area contributed by atoms with Gasteiger partial charge in [0.25, 0.3) is 0 Å². The molecule has 0 unspecified atom stereocenters. The smallest absolute Gasteiger partial charge is 0.0438 e. The zero-order valence-electron chi connectivity index (χ0n) is 15.9. The molecular formula is C24H26Cl2N2. The highest BCUT2D eigenvalue weighted by Gasteiger charge is 2.01. The van der Waals surface area contributed by atoms with Crippen molar-refractivity contribution in [2.24, 2.45) is 0 Å². The van der Waals surface area contributed by atoms with Crippen molar-refractivity contribution >= 4 is 23.2 Å². The van der Waals surface area contributed by atoms with Crippen molar-refractivity contribution in [3.63, 3.8) is 0 Å². The van der Waals surface area contributed by atoms with Gasteiger partial charge in [0.05, 0.1) is 0 Å². The molecule has 0 radical (unpaired) electrons. The summed E-state index contributed by atoms with van der Waals surface area (Å²) < 4.78 is 0. The van der Waals surface area contributed by atoms with E-state index in [9.17, 15) is 0 Å². The first-order chi connectivity index (χ1) is 13.7. The SMILES string of the molecule is Clc1ccccc1CCNCc1cccc(CNCCc2ccccc2Cl)c1. The van der Waals surface area contributed by atoms with Crippen LogP contribution < -0.4 is 10.6 Å². The lowest BCUT2D eigenvalue weighted by Gasteiger charge is -2.09. The predicted molar refractivity (Wildman–Crippen MR) is 120 cm³/mol. The molecule has 0 aliphatic heterocycles. The molecule has 3 aromatic rings. The summed E-state index contributed by atoms with van der Waals surface area (Å²) in [6.07, 6.45) is 1.87. The van der Waals surface area contributed by atoms with Crippen LogP contribution in [0.3, 0.4) is 0 Å². The second-order valence-corrected chi connectivity index (χ2v) is 7.67. The van der Waals surface area contributed by atoms with E-state index in [0.717, 1.165) is 49.1 Å². The highest BCUT2D eigenvalue weighted by Crippen LogP contribution is 2.16. The summed E-state index contributed by atoms with van der Waals surface area (Å²) in [5, 5.41) is 8.70. The molecule has 0 amide bonds. The molecule has 0 saturated carbocycles. The third kappa shape index (κ3) is 6.65. The quantitative estimate of drug-likeness (QED) is 0.419. The van der Waals surface area contributed by atoms with Crippen LogP contribution in [0.25, 0.3) is 0 Å². The van der Waals surface area contributed by atoms with Crippen LogP contribution in [-0.4, -0.2) is 13.1 Å². The number of hydrogen-bond donors (Lipinski definition) is 2. The molecule has 0 aliphatic rings. The summed E-state index contributed by atoms with van der Waals surface area (Å²) in [5.74, 6) is 0. The maximum atomic E-state index is 6.21. The van der Waals surface area contributed by atoms with Gasteiger partial charge in [-0.25, -0.2) is 0 Å². The molecule has 0 spiro atoms. The van der Waals surface area contributed by atoms with Crippen molar-refractivity contribution in [1.82, 2.24) is 10.6 Å². The van der Waals surface area contributed by atoms with Gasteiger partial charge < -0.3 is 10.6 Å². The molecular weight excluding hydrogens is 387 g/mol. The lowest BCUT2D eigenvalue weighted by Crippen LogP contribution is -2.18. The van der Waals surface area contributed by atoms with E-state index < -0.39 is 0 Å². The molecule has 0 aliphatic carbocycles. The Morgan fingerprint density at radius 3 is 1.50 bits per heavy atom. The fourth-order valence-corrected chi connectivity index (χ4v) is 3.62. The molecule has 2 nitrogen and oxygen atoms in total. The molecule has 0 aromatic heterocycles. The predicted octanol–water partition coefficient (Wildman–Crippen LogP) is 5.66. The summed E-state index contributed by atoms with van der Waals surface area (Å²) in [6.45, 7) is 3.53. The van der Waals surface area contributed by atoms with Gasteiger partial charge in [-0.3, -0.25) is 0 Å². The zero-order valence-corrected chi connectivity index (χ0v) is 17.4. The van der Waals surface area contributed by atoms with Gasteiger partial charge in [-0.05, 0) is 60.3 Å². The van der Waals surface area contributed by atoms with Crippen molar-refractivity contribution in [3.8, 4) is 0 Å². The van der Waals surface area contributed by atoms with Gasteiger partial charge in [-0.1, -0.05) is 83.9 Å². The average Bonchev–Trinajstić information content (AvgIpc) is 2.71. The summed E-state index contributed by atoms with van der Waals surface area (Å²) in [5.41, 5.74) is 4.97. The van der Waals surface area contributed by atoms with Crippen molar-refractivity contribution in [1.29, 1.82) is 0 Å². The molecule has 4 heteroatoms. The maximum absolute atomic E-state index is 6.21. The van der Waals surface area contributed by atoms with Crippen LogP contribution in [0.4, 0.5) is 0 Å². The number of halogens is 2. The molecule has 0 fully saturated rings. The minimum Gasteiger partial charge on any atom is -0.312 e. The highest BCUT2D eigenvalue weighted by atomic mass is 35.5. The molecule has 0 saturated heterocycles. The Balaban J connectivity index is 1.39. The Morgan fingerprint density at radius 2 is 1.04 bits per heavy atom. The van der Waals surface area contributed by atoms with Gasteiger partial charge in [0.1, 0.15) is 0 Å². The van der Waals surface area contributed by atoms with Gasteiger partial charge in [0.15, 0.2) is 0 Å². The van der Waals surface area contributed by atoms with E-state index in [2.05, 4.69) is 47.0 Å². The lowest BCUT2D eigenvalue weighted by molar-refractivity contribution is 0.676. The fraction of sp³-hybridized carbons (Fsp3) is 0.250. The molecule has 0 bridgehead atoms. The fourth-order valence-electron chi connectivity index (χ4n) is 3.16. The van der Waals surface area contributed by atoms with Crippen LogP contribution >= 0.6 is 23.2 Å². The molecule has 3 rings (SSSR count). The number of nitrogens with one attached hydrogen (secondary N) is 2. The van der Waals surface area contributed by atoms with Gasteiger partial charge in [-0.15, -0.1) is 0 Å². The zero-order chi connectivity index (χ0) is 19.6. The second-order valence-electron chi connectivity index (χ2n) is 6.86. The van der Waals surface area contributed by atoms with E-state index in [0.29, 0.717) is 0 Å². The van der Waals surface area contributed by atoms with Crippen molar-refractivity contribution in [2.75, 3.05) is 13.1 Å². The Labute approximate surface area is 177 Å². The number of benzene rings is 3. The monoisotopic (exact) mass is 412 g/mol. The van der Waals surface area contributed by atoms with Crippen molar-refractivity contribution < 1.29 is 0 Å². The van der Waals surface area contributed by atoms with Crippen molar-refractivity contribution in [3.05, 3.63) is 105 Å². The van der Waals surface area contributed by atoms with Gasteiger partial charge >= 0.3 is 0 Å². The minimum atomic E-state index is 0.842. The van der Waals surface area contributed by atoms with E-state index in [-0.39, 0.29) is 0 Å². The number of rotatable bonds is 10. The van der Waals surface area contributed by atoms with E-state index >= 15 is 0 Å². The first-order valence-electron chi connectivity index (χ1n) is 9.68. The van der Waals surface area contributed by atoms with Crippen LogP contribution in [-0.2, 0) is 25.9 Å². The summed E-state index contributed by atoms with van der Waals surface area (Å²) in [6, 6.07) is 24.7. The minimum absolute atomic E-state index is 0.842. The van der Waals surface area contributed by atoms with Gasteiger partial charge in [0, 0.05) is 23.1 Å². The Morgan fingerprint density at radius 1 is 0.571 bits per heavy atom. The summed E-state index contributed by atoms with van der Waals surface area (Å²) >= 11 is 12.4. The van der Waals surface area contributed by atoms with Gasteiger partial charge in [-0.2, -0.15) is 0 Å². The van der Waals surface area contributed by atoms with Crippen LogP contribution in [0.2, 0.25) is 10.0 Å². The third-order valence-electron chi connectivity index (χ3n) is 4.71. The molecule has 0 heterocycles. The molecule has 3 aromatic carbocycles. The topological polar surface area (TPSA) is 24.1 Å². The number of hydrogen-bond acceptors (Lipinski definition) is 2. The molecule has 146 valence electrons. The lowest BCUT2D eigenvalue weighted by atomic mass is 10.1. The Kier molecular flexibility index (Phi) is 8.38. The second kappa shape index (κ2) is 11.2. The summed E-state index contributed by atoms with van der Waals surface area (Å²) in [4.78, 5) is 0. The maximum Gasteiger partial charge on any atom is 0.0438 e. The molecule has 2 N–H and O–H groups in total. The van der Waals surface area contributed by atoms with Crippen LogP contribution in [0.15, 0.2) is 72.8 Å². The first-order valence-corrected chi connectivity index (χ1v) is 10.4. The van der Waals surface area contributed by atoms with Crippen molar-refractivity contribution in [2.45, 2.75) is 25.9 Å². The normalized spacial score (nSPS) is 10.9. The average molecular weight is 413 g/mol.